The predicted octanol–water partition coefficient (Wildman–Crippen LogP) is 1.99. The van der Waals surface area contributed by atoms with E-state index in [1.807, 2.05) is 5.32 Å². The van der Waals surface area contributed by atoms with Gasteiger partial charge in [0.2, 0.25) is 0 Å². The number of alkyl halides is 1. The fraction of sp³-hybridized carbons (Fsp3) is 0.176. The first kappa shape index (κ1) is 16.6. The highest BCUT2D eigenvalue weighted by atomic mass is 19.1. The van der Waals surface area contributed by atoms with Gasteiger partial charge in [-0.3, -0.25) is 4.79 Å². The van der Waals surface area contributed by atoms with Gasteiger partial charge in [-0.25, -0.2) is 9.18 Å². The van der Waals surface area contributed by atoms with Gasteiger partial charge in [-0.2, -0.15) is 0 Å². The number of nitrogens with one attached hydrogen (secondary N) is 1. The topological polar surface area (TPSA) is 75.6 Å². The maximum atomic E-state index is 14.7. The first-order valence-corrected chi connectivity index (χ1v) is 6.86. The second-order valence-corrected chi connectivity index (χ2v) is 4.85. The molecule has 0 aliphatic carbocycles. The second-order valence-electron chi connectivity index (χ2n) is 4.85. The van der Waals surface area contributed by atoms with Crippen LogP contribution in [0.2, 0.25) is 0 Å². The molecule has 0 spiro atoms. The van der Waals surface area contributed by atoms with Crippen LogP contribution < -0.4 is 5.32 Å². The SMILES string of the molecule is COC(=O)C(O)(NC(=O)c1ccccc1)C(F)c1ccccc1. The number of aliphatic hydroxyl groups is 1. The van der Waals surface area contributed by atoms with Crippen LogP contribution in [-0.2, 0) is 9.53 Å². The fourth-order valence-electron chi connectivity index (χ4n) is 2.07. The van der Waals surface area contributed by atoms with Crippen molar-refractivity contribution in [3.63, 3.8) is 0 Å². The molecule has 0 saturated heterocycles. The summed E-state index contributed by atoms with van der Waals surface area (Å²) in [5.41, 5.74) is -2.62. The Morgan fingerprint density at radius 3 is 2.13 bits per heavy atom. The van der Waals surface area contributed by atoms with Gasteiger partial charge in [0.25, 0.3) is 11.6 Å². The molecule has 0 aromatic heterocycles. The maximum absolute atomic E-state index is 14.7. The molecule has 2 aromatic rings. The smallest absolute Gasteiger partial charge is 0.363 e. The summed E-state index contributed by atoms with van der Waals surface area (Å²) in [6, 6.07) is 15.4. The number of hydrogen-bond donors (Lipinski definition) is 2. The minimum Gasteiger partial charge on any atom is -0.465 e. The lowest BCUT2D eigenvalue weighted by molar-refractivity contribution is -0.174. The fourth-order valence-corrected chi connectivity index (χ4v) is 2.07. The number of halogens is 1. The molecule has 5 nitrogen and oxygen atoms in total. The summed E-state index contributed by atoms with van der Waals surface area (Å²) < 4.78 is 19.2. The van der Waals surface area contributed by atoms with E-state index in [4.69, 9.17) is 0 Å². The standard InChI is InChI=1S/C17H16FNO4/c1-23-16(21)17(22,14(18)12-8-4-2-5-9-12)19-15(20)13-10-6-3-7-11-13/h2-11,14,22H,1H3,(H,19,20). The first-order valence-electron chi connectivity index (χ1n) is 6.86. The van der Waals surface area contributed by atoms with Crippen LogP contribution in [-0.4, -0.2) is 29.8 Å². The molecular weight excluding hydrogens is 301 g/mol. The van der Waals surface area contributed by atoms with Gasteiger partial charge >= 0.3 is 5.97 Å². The van der Waals surface area contributed by atoms with Gasteiger partial charge in [0.15, 0.2) is 6.17 Å². The van der Waals surface area contributed by atoms with Crippen LogP contribution in [0, 0.1) is 0 Å². The minimum atomic E-state index is -2.83. The number of amides is 1. The summed E-state index contributed by atoms with van der Waals surface area (Å²) in [5, 5.41) is 12.5. The molecule has 0 heterocycles. The highest BCUT2D eigenvalue weighted by Gasteiger charge is 2.48. The number of benzene rings is 2. The molecule has 0 bridgehead atoms. The van der Waals surface area contributed by atoms with Crippen LogP contribution in [0.3, 0.4) is 0 Å². The van der Waals surface area contributed by atoms with Crippen molar-refractivity contribution < 1.29 is 23.8 Å². The molecule has 23 heavy (non-hydrogen) atoms. The lowest BCUT2D eigenvalue weighted by Gasteiger charge is -2.29. The largest absolute Gasteiger partial charge is 0.465 e. The van der Waals surface area contributed by atoms with E-state index in [9.17, 15) is 19.1 Å². The molecule has 0 aliphatic heterocycles. The Morgan fingerprint density at radius 1 is 1.09 bits per heavy atom. The van der Waals surface area contributed by atoms with Crippen molar-refractivity contribution in [2.75, 3.05) is 7.11 Å². The zero-order valence-electron chi connectivity index (χ0n) is 12.4. The Balaban J connectivity index is 2.32. The molecule has 120 valence electrons. The predicted molar refractivity (Wildman–Crippen MR) is 81.2 cm³/mol. The zero-order chi connectivity index (χ0) is 16.9. The molecule has 0 aliphatic rings. The third kappa shape index (κ3) is 3.54. The summed E-state index contributed by atoms with van der Waals surface area (Å²) in [5.74, 6) is -2.09. The van der Waals surface area contributed by atoms with Gasteiger partial charge in [0.05, 0.1) is 7.11 Å². The van der Waals surface area contributed by atoms with E-state index in [-0.39, 0.29) is 11.1 Å². The highest BCUT2D eigenvalue weighted by molar-refractivity contribution is 5.97. The highest BCUT2D eigenvalue weighted by Crippen LogP contribution is 2.29. The van der Waals surface area contributed by atoms with E-state index in [1.54, 1.807) is 36.4 Å². The number of hydrogen-bond acceptors (Lipinski definition) is 4. The molecular formula is C17H16FNO4. The van der Waals surface area contributed by atoms with Gasteiger partial charge in [-0.15, -0.1) is 0 Å². The van der Waals surface area contributed by atoms with Crippen LogP contribution >= 0.6 is 0 Å². The van der Waals surface area contributed by atoms with Crippen molar-refractivity contribution in [1.82, 2.24) is 5.32 Å². The van der Waals surface area contributed by atoms with Gasteiger partial charge in [0.1, 0.15) is 0 Å². The molecule has 2 atom stereocenters. The summed E-state index contributed by atoms with van der Waals surface area (Å²) >= 11 is 0. The molecule has 0 fully saturated rings. The van der Waals surface area contributed by atoms with Crippen molar-refractivity contribution in [1.29, 1.82) is 0 Å². The average Bonchev–Trinajstić information content (AvgIpc) is 2.61. The number of rotatable bonds is 5. The molecule has 0 radical (unpaired) electrons. The van der Waals surface area contributed by atoms with Gasteiger partial charge < -0.3 is 15.2 Å². The first-order chi connectivity index (χ1) is 11.0. The van der Waals surface area contributed by atoms with Crippen LogP contribution in [0.15, 0.2) is 60.7 Å². The molecule has 2 N–H and O–H groups in total. The van der Waals surface area contributed by atoms with Gasteiger partial charge in [-0.05, 0) is 17.7 Å². The van der Waals surface area contributed by atoms with E-state index in [2.05, 4.69) is 4.74 Å². The monoisotopic (exact) mass is 317 g/mol. The lowest BCUT2D eigenvalue weighted by Crippen LogP contribution is -2.58. The lowest BCUT2D eigenvalue weighted by atomic mass is 9.99. The number of carbonyl (C=O) groups is 2. The Labute approximate surface area is 132 Å². The van der Waals surface area contributed by atoms with Crippen molar-refractivity contribution in [2.45, 2.75) is 11.9 Å². The molecule has 2 aromatic carbocycles. The Bertz CT molecular complexity index is 678. The Kier molecular flexibility index (Phi) is 5.08. The normalized spacial score (nSPS) is 14.4. The number of carbonyl (C=O) groups excluding carboxylic acids is 2. The van der Waals surface area contributed by atoms with Crippen LogP contribution in [0.5, 0.6) is 0 Å². The summed E-state index contributed by atoms with van der Waals surface area (Å²) in [7, 11) is 1.000. The summed E-state index contributed by atoms with van der Waals surface area (Å²) in [4.78, 5) is 24.1. The molecule has 6 heteroatoms. The van der Waals surface area contributed by atoms with Crippen molar-refractivity contribution in [2.24, 2.45) is 0 Å². The zero-order valence-corrected chi connectivity index (χ0v) is 12.4. The van der Waals surface area contributed by atoms with Crippen molar-refractivity contribution in [3.05, 3.63) is 71.8 Å². The van der Waals surface area contributed by atoms with E-state index >= 15 is 0 Å². The number of methoxy groups -OCH3 is 1. The van der Waals surface area contributed by atoms with Crippen molar-refractivity contribution in [3.8, 4) is 0 Å². The van der Waals surface area contributed by atoms with Crippen LogP contribution in [0.25, 0.3) is 0 Å². The minimum absolute atomic E-state index is 0.0359. The average molecular weight is 317 g/mol. The number of esters is 1. The molecule has 2 rings (SSSR count). The molecule has 0 saturated carbocycles. The van der Waals surface area contributed by atoms with E-state index in [0.717, 1.165) is 7.11 Å². The van der Waals surface area contributed by atoms with Gasteiger partial charge in [0, 0.05) is 5.56 Å². The second kappa shape index (κ2) is 7.02. The number of ether oxygens (including phenoxy) is 1. The van der Waals surface area contributed by atoms with E-state index < -0.39 is 23.8 Å². The molecule has 2 unspecified atom stereocenters. The molecule has 1 amide bonds. The third-order valence-corrected chi connectivity index (χ3v) is 3.30. The Morgan fingerprint density at radius 2 is 1.61 bits per heavy atom. The van der Waals surface area contributed by atoms with E-state index in [1.165, 1.54) is 24.3 Å². The summed E-state index contributed by atoms with van der Waals surface area (Å²) in [6.45, 7) is 0. The summed E-state index contributed by atoms with van der Waals surface area (Å²) in [6.07, 6.45) is -2.19. The van der Waals surface area contributed by atoms with Crippen molar-refractivity contribution >= 4 is 11.9 Å². The van der Waals surface area contributed by atoms with Crippen LogP contribution in [0.4, 0.5) is 4.39 Å². The third-order valence-electron chi connectivity index (χ3n) is 3.30. The quantitative estimate of drug-likeness (QED) is 0.653. The van der Waals surface area contributed by atoms with E-state index in [0.29, 0.717) is 0 Å². The maximum Gasteiger partial charge on any atom is 0.363 e. The Hall–Kier alpha value is -2.73. The van der Waals surface area contributed by atoms with Crippen LogP contribution in [0.1, 0.15) is 22.1 Å². The van der Waals surface area contributed by atoms with Gasteiger partial charge in [-0.1, -0.05) is 48.5 Å².